The fourth-order valence-electron chi connectivity index (χ4n) is 6.81. The van der Waals surface area contributed by atoms with Gasteiger partial charge in [0, 0.05) is 5.69 Å². The van der Waals surface area contributed by atoms with Gasteiger partial charge < -0.3 is 5.73 Å². The number of hydrogen-bond donors (Lipinski definition) is 1. The maximum Gasteiger partial charge on any atom is 0.0346 e. The van der Waals surface area contributed by atoms with Gasteiger partial charge in [-0.05, 0) is 24.5 Å². The Labute approximate surface area is 272 Å². The van der Waals surface area contributed by atoms with Crippen molar-refractivity contribution in [3.8, 4) is 0 Å². The second-order valence-corrected chi connectivity index (χ2v) is 14.1. The number of aryl methyl sites for hydroxylation is 1. The maximum atomic E-state index is 6.04. The van der Waals surface area contributed by atoms with Gasteiger partial charge in [0.2, 0.25) is 0 Å². The zero-order chi connectivity index (χ0) is 30.7. The van der Waals surface area contributed by atoms with Gasteiger partial charge in [0.15, 0.2) is 0 Å². The summed E-state index contributed by atoms with van der Waals surface area (Å²) < 4.78 is 0. The first-order chi connectivity index (χ1) is 21.3. The number of rotatable bonds is 35. The van der Waals surface area contributed by atoms with Crippen molar-refractivity contribution >= 4 is 5.69 Å². The molecule has 0 aliphatic carbocycles. The van der Waals surface area contributed by atoms with Crippen LogP contribution in [0.15, 0.2) is 24.3 Å². The Bertz CT molecular complexity index is 652. The highest BCUT2D eigenvalue weighted by atomic mass is 14.6. The number of hydrogen-bond acceptors (Lipinski definition) is 1. The number of unbranched alkanes of at least 4 members (excludes halogenated alkanes) is 33. The van der Waals surface area contributed by atoms with Crippen LogP contribution in [-0.2, 0) is 6.42 Å². The van der Waals surface area contributed by atoms with E-state index in [1.807, 2.05) is 12.1 Å². The summed E-state index contributed by atoms with van der Waals surface area (Å²) in [5, 5.41) is 0. The lowest BCUT2D eigenvalue weighted by Crippen LogP contribution is -1.93. The van der Waals surface area contributed by atoms with Crippen molar-refractivity contribution in [1.29, 1.82) is 0 Å². The van der Waals surface area contributed by atoms with Crippen LogP contribution in [-0.4, -0.2) is 0 Å². The summed E-state index contributed by atoms with van der Waals surface area (Å²) in [6.07, 6.45) is 50.8. The van der Waals surface area contributed by atoms with E-state index >= 15 is 0 Å². The minimum Gasteiger partial charge on any atom is -0.399 e. The first-order valence-electron chi connectivity index (χ1n) is 20.2. The summed E-state index contributed by atoms with van der Waals surface area (Å²) in [6, 6.07) is 8.34. The molecule has 0 aliphatic heterocycles. The summed E-state index contributed by atoms with van der Waals surface area (Å²) in [6.45, 7) is 2.31. The molecule has 2 N–H and O–H groups in total. The van der Waals surface area contributed by atoms with E-state index < -0.39 is 0 Å². The molecule has 0 aromatic heterocycles. The van der Waals surface area contributed by atoms with Crippen molar-refractivity contribution in [2.45, 2.75) is 232 Å². The second kappa shape index (κ2) is 33.9. The van der Waals surface area contributed by atoms with Crippen molar-refractivity contribution < 1.29 is 0 Å². The highest BCUT2D eigenvalue weighted by molar-refractivity contribution is 5.46. The lowest BCUT2D eigenvalue weighted by atomic mass is 10.0. The molecule has 0 saturated heterocycles. The number of para-hydroxylation sites is 1. The fraction of sp³-hybridized carbons (Fsp3) is 0.857. The van der Waals surface area contributed by atoms with Crippen LogP contribution < -0.4 is 5.73 Å². The van der Waals surface area contributed by atoms with Crippen LogP contribution in [0.5, 0.6) is 0 Å². The summed E-state index contributed by atoms with van der Waals surface area (Å²) in [7, 11) is 0. The Morgan fingerprint density at radius 3 is 0.814 bits per heavy atom. The van der Waals surface area contributed by atoms with E-state index in [0.29, 0.717) is 0 Å². The number of nitrogens with two attached hydrogens (primary N) is 1. The first kappa shape index (κ1) is 40.0. The normalized spacial score (nSPS) is 11.5. The quantitative estimate of drug-likeness (QED) is 0.0611. The standard InChI is InChI=1S/C42H79N/c1-2-3-4-5-6-7-8-9-10-11-12-13-14-15-16-17-18-19-20-21-22-23-24-25-26-27-28-29-30-31-32-33-34-35-38-41-39-36-37-40-42(41)43/h36-37,39-40H,2-35,38,43H2,1H3. The molecule has 0 unspecified atom stereocenters. The van der Waals surface area contributed by atoms with Crippen molar-refractivity contribution in [1.82, 2.24) is 0 Å². The largest absolute Gasteiger partial charge is 0.399 e. The molecule has 252 valence electrons. The average molecular weight is 598 g/mol. The van der Waals surface area contributed by atoms with Gasteiger partial charge in [-0.1, -0.05) is 237 Å². The number of anilines is 1. The Morgan fingerprint density at radius 2 is 0.558 bits per heavy atom. The van der Waals surface area contributed by atoms with Crippen LogP contribution in [0.4, 0.5) is 5.69 Å². The summed E-state index contributed by atoms with van der Waals surface area (Å²) >= 11 is 0. The van der Waals surface area contributed by atoms with Gasteiger partial charge in [-0.15, -0.1) is 0 Å². The van der Waals surface area contributed by atoms with E-state index in [4.69, 9.17) is 5.73 Å². The van der Waals surface area contributed by atoms with E-state index in [1.54, 1.807) is 0 Å². The van der Waals surface area contributed by atoms with Gasteiger partial charge in [-0.25, -0.2) is 0 Å². The van der Waals surface area contributed by atoms with E-state index in [2.05, 4.69) is 19.1 Å². The van der Waals surface area contributed by atoms with Crippen LogP contribution >= 0.6 is 0 Å². The SMILES string of the molecule is CCCCCCCCCCCCCCCCCCCCCCCCCCCCCCCCCCCCc1ccccc1N. The molecule has 0 saturated carbocycles. The Balaban J connectivity index is 1.63. The van der Waals surface area contributed by atoms with Gasteiger partial charge >= 0.3 is 0 Å². The molecule has 0 atom stereocenters. The first-order valence-corrected chi connectivity index (χ1v) is 20.2. The third-order valence-corrected chi connectivity index (χ3v) is 9.85. The van der Waals surface area contributed by atoms with E-state index in [0.717, 1.165) is 12.1 Å². The summed E-state index contributed by atoms with van der Waals surface area (Å²) in [5.41, 5.74) is 8.34. The van der Waals surface area contributed by atoms with Crippen LogP contribution in [0.25, 0.3) is 0 Å². The Hall–Kier alpha value is -0.980. The topological polar surface area (TPSA) is 26.0 Å². The molecule has 0 bridgehead atoms. The van der Waals surface area contributed by atoms with Gasteiger partial charge in [0.05, 0.1) is 0 Å². The van der Waals surface area contributed by atoms with Crippen LogP contribution in [0, 0.1) is 0 Å². The monoisotopic (exact) mass is 598 g/mol. The molecule has 0 heterocycles. The Morgan fingerprint density at radius 1 is 0.326 bits per heavy atom. The van der Waals surface area contributed by atoms with Gasteiger partial charge in [0.1, 0.15) is 0 Å². The molecular formula is C42H79N. The molecule has 1 aromatic rings. The molecule has 0 fully saturated rings. The smallest absolute Gasteiger partial charge is 0.0346 e. The third-order valence-electron chi connectivity index (χ3n) is 9.85. The van der Waals surface area contributed by atoms with E-state index in [9.17, 15) is 0 Å². The zero-order valence-corrected chi connectivity index (χ0v) is 29.6. The molecule has 1 nitrogen and oxygen atoms in total. The molecule has 0 amide bonds. The Kier molecular flexibility index (Phi) is 31.6. The minimum absolute atomic E-state index is 0.966. The minimum atomic E-state index is 0.966. The molecule has 1 aromatic carbocycles. The van der Waals surface area contributed by atoms with Crippen LogP contribution in [0.2, 0.25) is 0 Å². The average Bonchev–Trinajstić information content (AvgIpc) is 3.02. The molecule has 0 aliphatic rings. The maximum absolute atomic E-state index is 6.04. The molecular weight excluding hydrogens is 518 g/mol. The molecule has 0 spiro atoms. The van der Waals surface area contributed by atoms with Crippen molar-refractivity contribution in [2.75, 3.05) is 5.73 Å². The second-order valence-electron chi connectivity index (χ2n) is 14.1. The third kappa shape index (κ3) is 29.5. The van der Waals surface area contributed by atoms with Crippen molar-refractivity contribution in [3.05, 3.63) is 29.8 Å². The number of benzene rings is 1. The highest BCUT2D eigenvalue weighted by Gasteiger charge is 1.99. The van der Waals surface area contributed by atoms with Crippen LogP contribution in [0.3, 0.4) is 0 Å². The van der Waals surface area contributed by atoms with Crippen molar-refractivity contribution in [3.63, 3.8) is 0 Å². The predicted molar refractivity (Wildman–Crippen MR) is 197 cm³/mol. The fourth-order valence-corrected chi connectivity index (χ4v) is 6.81. The van der Waals surface area contributed by atoms with E-state index in [1.165, 1.54) is 224 Å². The van der Waals surface area contributed by atoms with Gasteiger partial charge in [-0.3, -0.25) is 0 Å². The predicted octanol–water partition coefficient (Wildman–Crippen LogP) is 15.1. The van der Waals surface area contributed by atoms with E-state index in [-0.39, 0.29) is 0 Å². The molecule has 0 radical (unpaired) electrons. The lowest BCUT2D eigenvalue weighted by molar-refractivity contribution is 0.511. The lowest BCUT2D eigenvalue weighted by Gasteiger charge is -2.05. The highest BCUT2D eigenvalue weighted by Crippen LogP contribution is 2.18. The van der Waals surface area contributed by atoms with Crippen molar-refractivity contribution in [2.24, 2.45) is 0 Å². The summed E-state index contributed by atoms with van der Waals surface area (Å²) in [4.78, 5) is 0. The summed E-state index contributed by atoms with van der Waals surface area (Å²) in [5.74, 6) is 0. The van der Waals surface area contributed by atoms with Gasteiger partial charge in [-0.2, -0.15) is 0 Å². The molecule has 1 heteroatoms. The van der Waals surface area contributed by atoms with Crippen LogP contribution in [0.1, 0.15) is 231 Å². The molecule has 1 rings (SSSR count). The molecule has 43 heavy (non-hydrogen) atoms. The van der Waals surface area contributed by atoms with Gasteiger partial charge in [0.25, 0.3) is 0 Å². The zero-order valence-electron chi connectivity index (χ0n) is 29.6. The number of nitrogen functional groups attached to an aromatic ring is 1.